The third-order valence-electron chi connectivity index (χ3n) is 3.84. The van der Waals surface area contributed by atoms with Crippen molar-refractivity contribution in [3.05, 3.63) is 59.2 Å². The van der Waals surface area contributed by atoms with Gasteiger partial charge in [0.2, 0.25) is 0 Å². The Morgan fingerprint density at radius 1 is 1.20 bits per heavy atom. The van der Waals surface area contributed by atoms with E-state index in [-0.39, 0.29) is 29.7 Å². The van der Waals surface area contributed by atoms with Gasteiger partial charge in [0.25, 0.3) is 0 Å². The average Bonchev–Trinajstić information content (AvgIpc) is 2.59. The van der Waals surface area contributed by atoms with Crippen LogP contribution in [0.3, 0.4) is 0 Å². The number of ether oxygens (including phenoxy) is 1. The Labute approximate surface area is 166 Å². The van der Waals surface area contributed by atoms with Gasteiger partial charge < -0.3 is 20.1 Å². The average molecular weight is 455 g/mol. The number of aryl methyl sites for hydroxylation is 1. The molecular weight excluding hydrogens is 429 g/mol. The van der Waals surface area contributed by atoms with Gasteiger partial charge in [-0.15, -0.1) is 24.0 Å². The van der Waals surface area contributed by atoms with Crippen molar-refractivity contribution in [1.29, 1.82) is 0 Å². The lowest BCUT2D eigenvalue weighted by Gasteiger charge is -2.22. The van der Waals surface area contributed by atoms with Gasteiger partial charge in [0.15, 0.2) is 5.96 Å². The Morgan fingerprint density at radius 2 is 1.88 bits per heavy atom. The van der Waals surface area contributed by atoms with Crippen molar-refractivity contribution < 1.29 is 9.84 Å². The molecule has 0 aliphatic heterocycles. The number of nitrogens with zero attached hydrogens (tertiary/aromatic N) is 2. The molecule has 0 fully saturated rings. The maximum absolute atomic E-state index is 9.97. The Hall–Kier alpha value is -1.96. The number of halogens is 1. The van der Waals surface area contributed by atoms with Gasteiger partial charge in [-0.1, -0.05) is 29.8 Å². The minimum Gasteiger partial charge on any atom is -0.508 e. The fourth-order valence-electron chi connectivity index (χ4n) is 2.43. The van der Waals surface area contributed by atoms with Crippen molar-refractivity contribution in [2.45, 2.75) is 20.0 Å². The van der Waals surface area contributed by atoms with Crippen LogP contribution in [0.1, 0.15) is 16.7 Å². The van der Waals surface area contributed by atoms with E-state index in [4.69, 9.17) is 4.74 Å². The molecule has 0 bridgehead atoms. The molecule has 0 aliphatic carbocycles. The van der Waals surface area contributed by atoms with Crippen molar-refractivity contribution in [2.75, 3.05) is 21.2 Å². The van der Waals surface area contributed by atoms with Gasteiger partial charge >= 0.3 is 0 Å². The zero-order valence-corrected chi connectivity index (χ0v) is 17.4. The van der Waals surface area contributed by atoms with Crippen LogP contribution in [-0.2, 0) is 13.1 Å². The lowest BCUT2D eigenvalue weighted by molar-refractivity contribution is 0.410. The summed E-state index contributed by atoms with van der Waals surface area (Å²) >= 11 is 0. The number of aromatic hydroxyl groups is 1. The smallest absolute Gasteiger partial charge is 0.193 e. The van der Waals surface area contributed by atoms with Gasteiger partial charge in [-0.3, -0.25) is 4.99 Å². The summed E-state index contributed by atoms with van der Waals surface area (Å²) in [4.78, 5) is 6.35. The maximum Gasteiger partial charge on any atom is 0.193 e. The quantitative estimate of drug-likeness (QED) is 0.412. The number of aliphatic imine (C=N–C) groups is 1. The summed E-state index contributed by atoms with van der Waals surface area (Å²) in [6.07, 6.45) is 0. The highest BCUT2D eigenvalue weighted by atomic mass is 127. The number of benzene rings is 2. The molecule has 2 rings (SSSR count). The van der Waals surface area contributed by atoms with Crippen LogP contribution in [0.15, 0.2) is 47.5 Å². The van der Waals surface area contributed by atoms with E-state index >= 15 is 0 Å². The highest BCUT2D eigenvalue weighted by Gasteiger charge is 2.09. The van der Waals surface area contributed by atoms with E-state index < -0.39 is 0 Å². The Kier molecular flexibility index (Phi) is 8.54. The van der Waals surface area contributed by atoms with E-state index in [0.29, 0.717) is 12.3 Å². The minimum atomic E-state index is 0. The number of phenols is 1. The molecule has 136 valence electrons. The molecule has 0 heterocycles. The molecule has 2 aromatic rings. The molecule has 25 heavy (non-hydrogen) atoms. The van der Waals surface area contributed by atoms with Crippen LogP contribution < -0.4 is 10.1 Å². The number of methoxy groups -OCH3 is 1. The molecule has 0 spiro atoms. The summed E-state index contributed by atoms with van der Waals surface area (Å²) < 4.78 is 5.20. The van der Waals surface area contributed by atoms with E-state index in [1.165, 1.54) is 11.1 Å². The lowest BCUT2D eigenvalue weighted by Crippen LogP contribution is -2.38. The van der Waals surface area contributed by atoms with E-state index in [1.54, 1.807) is 26.3 Å². The lowest BCUT2D eigenvalue weighted by atomic mass is 10.1. The third kappa shape index (κ3) is 6.12. The largest absolute Gasteiger partial charge is 0.508 e. The Morgan fingerprint density at radius 3 is 2.48 bits per heavy atom. The molecule has 0 amide bonds. The highest BCUT2D eigenvalue weighted by Crippen LogP contribution is 2.22. The van der Waals surface area contributed by atoms with Gasteiger partial charge in [-0.25, -0.2) is 0 Å². The first-order valence-electron chi connectivity index (χ1n) is 7.86. The molecule has 2 N–H and O–H groups in total. The molecule has 5 nitrogen and oxygen atoms in total. The SMILES string of the molecule is CN=C(NCc1cc(OC)ccc1O)N(C)Cc1ccc(C)cc1.I. The van der Waals surface area contributed by atoms with Gasteiger partial charge in [-0.2, -0.15) is 0 Å². The van der Waals surface area contributed by atoms with Gasteiger partial charge in [0.1, 0.15) is 11.5 Å². The summed E-state index contributed by atoms with van der Waals surface area (Å²) in [6, 6.07) is 13.6. The standard InChI is InChI=1S/C19H25N3O2.HI/c1-14-5-7-15(8-6-14)13-22(3)19(20-2)21-12-16-11-17(24-4)9-10-18(16)23;/h5-11,23H,12-13H2,1-4H3,(H,20,21);1H. The second-order valence-corrected chi connectivity index (χ2v) is 5.74. The van der Waals surface area contributed by atoms with Crippen molar-refractivity contribution in [1.82, 2.24) is 10.2 Å². The van der Waals surface area contributed by atoms with Crippen molar-refractivity contribution in [3.8, 4) is 11.5 Å². The van der Waals surface area contributed by atoms with Gasteiger partial charge in [0, 0.05) is 32.7 Å². The Balaban J connectivity index is 0.00000312. The van der Waals surface area contributed by atoms with E-state index in [2.05, 4.69) is 41.5 Å². The summed E-state index contributed by atoms with van der Waals surface area (Å²) in [5, 5.41) is 13.2. The highest BCUT2D eigenvalue weighted by molar-refractivity contribution is 14.0. The van der Waals surface area contributed by atoms with Crippen LogP contribution in [0.2, 0.25) is 0 Å². The van der Waals surface area contributed by atoms with Crippen LogP contribution in [-0.4, -0.2) is 37.2 Å². The monoisotopic (exact) mass is 455 g/mol. The summed E-state index contributed by atoms with van der Waals surface area (Å²) in [5.74, 6) is 1.71. The van der Waals surface area contributed by atoms with Crippen molar-refractivity contribution in [3.63, 3.8) is 0 Å². The zero-order valence-electron chi connectivity index (χ0n) is 15.1. The number of hydrogen-bond acceptors (Lipinski definition) is 3. The van der Waals surface area contributed by atoms with Crippen LogP contribution in [0.25, 0.3) is 0 Å². The molecule has 2 aromatic carbocycles. The van der Waals surface area contributed by atoms with Crippen LogP contribution in [0.4, 0.5) is 0 Å². The predicted molar refractivity (Wildman–Crippen MR) is 113 cm³/mol. The van der Waals surface area contributed by atoms with Crippen molar-refractivity contribution in [2.24, 2.45) is 4.99 Å². The molecule has 0 saturated carbocycles. The minimum absolute atomic E-state index is 0. The van der Waals surface area contributed by atoms with Crippen molar-refractivity contribution >= 4 is 29.9 Å². The molecule has 0 radical (unpaired) electrons. The van der Waals surface area contributed by atoms with Crippen LogP contribution in [0.5, 0.6) is 11.5 Å². The summed E-state index contributed by atoms with van der Waals surface area (Å²) in [6.45, 7) is 3.30. The Bertz CT molecular complexity index is 702. The van der Waals surface area contributed by atoms with E-state index in [9.17, 15) is 5.11 Å². The molecule has 6 heteroatoms. The molecule has 0 atom stereocenters. The molecule has 0 unspecified atom stereocenters. The maximum atomic E-state index is 9.97. The molecule has 0 saturated heterocycles. The first kappa shape index (κ1) is 21.1. The number of nitrogens with one attached hydrogen (secondary N) is 1. The number of hydrogen-bond donors (Lipinski definition) is 2. The number of guanidine groups is 1. The third-order valence-corrected chi connectivity index (χ3v) is 3.84. The first-order chi connectivity index (χ1) is 11.5. The van der Waals surface area contributed by atoms with Crippen LogP contribution in [0, 0.1) is 6.92 Å². The normalized spacial score (nSPS) is 10.8. The topological polar surface area (TPSA) is 57.1 Å². The molecule has 0 aromatic heterocycles. The van der Waals surface area contributed by atoms with E-state index in [1.807, 2.05) is 18.0 Å². The van der Waals surface area contributed by atoms with Crippen LogP contribution >= 0.6 is 24.0 Å². The predicted octanol–water partition coefficient (Wildman–Crippen LogP) is 3.53. The zero-order chi connectivity index (χ0) is 17.5. The molecule has 0 aliphatic rings. The van der Waals surface area contributed by atoms with Gasteiger partial charge in [-0.05, 0) is 30.7 Å². The second-order valence-electron chi connectivity index (χ2n) is 5.74. The summed E-state index contributed by atoms with van der Waals surface area (Å²) in [7, 11) is 5.35. The first-order valence-corrected chi connectivity index (χ1v) is 7.86. The second kappa shape index (κ2) is 10.1. The number of rotatable bonds is 5. The fraction of sp³-hybridized carbons (Fsp3) is 0.316. The van der Waals surface area contributed by atoms with Gasteiger partial charge in [0.05, 0.1) is 7.11 Å². The molecular formula is C19H26IN3O2. The fourth-order valence-corrected chi connectivity index (χ4v) is 2.43. The van der Waals surface area contributed by atoms with E-state index in [0.717, 1.165) is 18.1 Å². The summed E-state index contributed by atoms with van der Waals surface area (Å²) in [5.41, 5.74) is 3.23. The number of phenolic OH excluding ortho intramolecular Hbond substituents is 1.